The van der Waals surface area contributed by atoms with E-state index in [0.717, 1.165) is 27.0 Å². The number of hydrogen-bond donors (Lipinski definition) is 1. The van der Waals surface area contributed by atoms with Crippen molar-refractivity contribution in [3.63, 3.8) is 0 Å². The third-order valence-electron chi connectivity index (χ3n) is 3.87. The second-order valence-electron chi connectivity index (χ2n) is 5.62. The molecule has 4 rings (SSSR count). The standard InChI is InChI=1S/C19H12BrClN4OS/c20-14-5-1-13(2-6-14)17-10-27-19(23-17)25-18(22-11-26)9-16(24-25)12-3-7-15(21)8-4-12/h1-11H,(H,22,26). The molecule has 0 radical (unpaired) electrons. The molecule has 0 aliphatic heterocycles. The number of thiazole rings is 1. The molecule has 0 bridgehead atoms. The average molecular weight is 460 g/mol. The predicted octanol–water partition coefficient (Wildman–Crippen LogP) is 5.65. The summed E-state index contributed by atoms with van der Waals surface area (Å²) in [7, 11) is 0. The van der Waals surface area contributed by atoms with Crippen LogP contribution in [0.2, 0.25) is 5.02 Å². The van der Waals surface area contributed by atoms with E-state index in [9.17, 15) is 4.79 Å². The summed E-state index contributed by atoms with van der Waals surface area (Å²) in [5.74, 6) is 0.548. The van der Waals surface area contributed by atoms with Crippen molar-refractivity contribution in [2.24, 2.45) is 0 Å². The lowest BCUT2D eigenvalue weighted by molar-refractivity contribution is -0.105. The van der Waals surface area contributed by atoms with Gasteiger partial charge >= 0.3 is 0 Å². The van der Waals surface area contributed by atoms with Gasteiger partial charge < -0.3 is 5.32 Å². The Morgan fingerprint density at radius 1 is 1.04 bits per heavy atom. The van der Waals surface area contributed by atoms with E-state index in [1.54, 1.807) is 22.9 Å². The van der Waals surface area contributed by atoms with Gasteiger partial charge in [-0.05, 0) is 24.3 Å². The van der Waals surface area contributed by atoms with Crippen LogP contribution in [0.15, 0.2) is 64.5 Å². The Bertz CT molecular complexity index is 1090. The number of nitrogens with zero attached hydrogens (tertiary/aromatic N) is 3. The van der Waals surface area contributed by atoms with Crippen molar-refractivity contribution in [2.75, 3.05) is 5.32 Å². The Labute approximate surface area is 172 Å². The molecule has 2 aromatic heterocycles. The molecular weight excluding hydrogens is 448 g/mol. The zero-order chi connectivity index (χ0) is 18.8. The van der Waals surface area contributed by atoms with E-state index >= 15 is 0 Å². The van der Waals surface area contributed by atoms with Crippen LogP contribution in [0.3, 0.4) is 0 Å². The van der Waals surface area contributed by atoms with E-state index in [1.807, 2.05) is 41.8 Å². The Morgan fingerprint density at radius 2 is 1.70 bits per heavy atom. The molecule has 8 heteroatoms. The number of amides is 1. The van der Waals surface area contributed by atoms with Gasteiger partial charge in [0.15, 0.2) is 0 Å². The van der Waals surface area contributed by atoms with Crippen molar-refractivity contribution in [3.05, 3.63) is 69.5 Å². The van der Waals surface area contributed by atoms with Gasteiger partial charge in [-0.3, -0.25) is 4.79 Å². The van der Waals surface area contributed by atoms with Crippen LogP contribution in [0.1, 0.15) is 0 Å². The monoisotopic (exact) mass is 458 g/mol. The molecule has 0 saturated heterocycles. The van der Waals surface area contributed by atoms with E-state index in [0.29, 0.717) is 22.4 Å². The molecule has 4 aromatic rings. The molecule has 0 fully saturated rings. The summed E-state index contributed by atoms with van der Waals surface area (Å²) < 4.78 is 2.64. The fraction of sp³-hybridized carbons (Fsp3) is 0. The summed E-state index contributed by atoms with van der Waals surface area (Å²) >= 11 is 10.8. The molecule has 0 atom stereocenters. The summed E-state index contributed by atoms with van der Waals surface area (Å²) in [5, 5.41) is 10.6. The molecule has 27 heavy (non-hydrogen) atoms. The van der Waals surface area contributed by atoms with Crippen LogP contribution >= 0.6 is 38.9 Å². The van der Waals surface area contributed by atoms with Crippen LogP contribution in [-0.4, -0.2) is 21.2 Å². The van der Waals surface area contributed by atoms with Crippen molar-refractivity contribution >= 4 is 51.1 Å². The number of benzene rings is 2. The first kappa shape index (κ1) is 17.9. The maximum atomic E-state index is 11.0. The van der Waals surface area contributed by atoms with Gasteiger partial charge in [0, 0.05) is 32.1 Å². The average Bonchev–Trinajstić information content (AvgIpc) is 3.31. The molecule has 134 valence electrons. The number of aromatic nitrogens is 3. The number of carbonyl (C=O) groups excluding carboxylic acids is 1. The second kappa shape index (κ2) is 7.64. The van der Waals surface area contributed by atoms with Crippen molar-refractivity contribution in [3.8, 4) is 27.6 Å². The van der Waals surface area contributed by atoms with E-state index < -0.39 is 0 Å². The topological polar surface area (TPSA) is 59.8 Å². The molecule has 1 N–H and O–H groups in total. The van der Waals surface area contributed by atoms with E-state index in [-0.39, 0.29) is 0 Å². The summed E-state index contributed by atoms with van der Waals surface area (Å²) in [4.78, 5) is 15.7. The smallest absolute Gasteiger partial charge is 0.212 e. The summed E-state index contributed by atoms with van der Waals surface area (Å²) in [6.07, 6.45) is 0.627. The maximum Gasteiger partial charge on any atom is 0.212 e. The van der Waals surface area contributed by atoms with Gasteiger partial charge in [-0.1, -0.05) is 51.8 Å². The Hall–Kier alpha value is -2.48. The largest absolute Gasteiger partial charge is 0.313 e. The lowest BCUT2D eigenvalue weighted by Crippen LogP contribution is -2.04. The van der Waals surface area contributed by atoms with Crippen LogP contribution in [0.5, 0.6) is 0 Å². The molecule has 0 aliphatic carbocycles. The molecule has 0 spiro atoms. The number of anilines is 1. The van der Waals surface area contributed by atoms with Gasteiger partial charge in [-0.2, -0.15) is 9.78 Å². The Kier molecular flexibility index (Phi) is 5.07. The van der Waals surface area contributed by atoms with Crippen LogP contribution in [0, 0.1) is 0 Å². The minimum absolute atomic E-state index is 0.548. The Balaban J connectivity index is 1.73. The van der Waals surface area contributed by atoms with Gasteiger partial charge in [0.2, 0.25) is 11.5 Å². The summed E-state index contributed by atoms with van der Waals surface area (Å²) in [6, 6.07) is 17.1. The van der Waals surface area contributed by atoms with Crippen molar-refractivity contribution < 1.29 is 4.79 Å². The van der Waals surface area contributed by atoms with Crippen molar-refractivity contribution in [1.29, 1.82) is 0 Å². The molecule has 2 aromatic carbocycles. The van der Waals surface area contributed by atoms with Gasteiger partial charge in [-0.25, -0.2) is 4.98 Å². The van der Waals surface area contributed by atoms with Crippen LogP contribution in [0.4, 0.5) is 5.82 Å². The SMILES string of the molecule is O=CNc1cc(-c2ccc(Cl)cc2)nn1-c1nc(-c2ccc(Br)cc2)cs1. The predicted molar refractivity (Wildman–Crippen MR) is 113 cm³/mol. The highest BCUT2D eigenvalue weighted by atomic mass is 79.9. The first-order chi connectivity index (χ1) is 13.1. The minimum atomic E-state index is 0.548. The number of hydrogen-bond acceptors (Lipinski definition) is 4. The molecule has 0 unspecified atom stereocenters. The van der Waals surface area contributed by atoms with Gasteiger partial charge in [0.05, 0.1) is 11.4 Å². The minimum Gasteiger partial charge on any atom is -0.313 e. The first-order valence-electron chi connectivity index (χ1n) is 7.92. The normalized spacial score (nSPS) is 10.7. The molecule has 0 aliphatic rings. The van der Waals surface area contributed by atoms with E-state index in [1.165, 1.54) is 11.3 Å². The zero-order valence-electron chi connectivity index (χ0n) is 13.8. The summed E-state index contributed by atoms with van der Waals surface area (Å²) in [6.45, 7) is 0. The molecule has 1 amide bonds. The highest BCUT2D eigenvalue weighted by Crippen LogP contribution is 2.29. The number of halogens is 2. The van der Waals surface area contributed by atoms with Gasteiger partial charge in [-0.15, -0.1) is 11.3 Å². The third kappa shape index (κ3) is 3.80. The highest BCUT2D eigenvalue weighted by Gasteiger charge is 2.14. The molecule has 0 saturated carbocycles. The lowest BCUT2D eigenvalue weighted by Gasteiger charge is -2.01. The fourth-order valence-corrected chi connectivity index (χ4v) is 3.75. The van der Waals surface area contributed by atoms with E-state index in [4.69, 9.17) is 11.6 Å². The number of rotatable bonds is 5. The molecule has 5 nitrogen and oxygen atoms in total. The molecular formula is C19H12BrClN4OS. The maximum absolute atomic E-state index is 11.0. The summed E-state index contributed by atoms with van der Waals surface area (Å²) in [5.41, 5.74) is 3.48. The van der Waals surface area contributed by atoms with Crippen molar-refractivity contribution in [2.45, 2.75) is 0 Å². The third-order valence-corrected chi connectivity index (χ3v) is 5.47. The first-order valence-corrected chi connectivity index (χ1v) is 9.97. The van der Waals surface area contributed by atoms with Crippen molar-refractivity contribution in [1.82, 2.24) is 14.8 Å². The van der Waals surface area contributed by atoms with Gasteiger partial charge in [0.25, 0.3) is 0 Å². The lowest BCUT2D eigenvalue weighted by atomic mass is 10.1. The highest BCUT2D eigenvalue weighted by molar-refractivity contribution is 9.10. The number of nitrogens with one attached hydrogen (secondary N) is 1. The molecule has 2 heterocycles. The quantitative estimate of drug-likeness (QED) is 0.392. The van der Waals surface area contributed by atoms with Crippen LogP contribution < -0.4 is 5.32 Å². The second-order valence-corrected chi connectivity index (χ2v) is 7.81. The van der Waals surface area contributed by atoms with Crippen LogP contribution in [0.25, 0.3) is 27.6 Å². The fourth-order valence-electron chi connectivity index (χ4n) is 2.57. The zero-order valence-corrected chi connectivity index (χ0v) is 16.9. The number of carbonyl (C=O) groups is 1. The van der Waals surface area contributed by atoms with Crippen LogP contribution in [-0.2, 0) is 4.79 Å². The van der Waals surface area contributed by atoms with Gasteiger partial charge in [0.1, 0.15) is 5.82 Å². The van der Waals surface area contributed by atoms with E-state index in [2.05, 4.69) is 31.3 Å². The Morgan fingerprint density at radius 3 is 2.41 bits per heavy atom.